The Kier molecular flexibility index (Phi) is 6.31. The zero-order valence-electron chi connectivity index (χ0n) is 26.8. The predicted octanol–water partition coefficient (Wildman–Crippen LogP) is 12.0. The lowest BCUT2D eigenvalue weighted by Crippen LogP contribution is -1.99. The molecule has 3 nitrogen and oxygen atoms in total. The zero-order valence-corrected chi connectivity index (χ0v) is 26.8. The lowest BCUT2D eigenvalue weighted by atomic mass is 9.86. The van der Waals surface area contributed by atoms with Gasteiger partial charge in [0, 0.05) is 32.8 Å². The third kappa shape index (κ3) is 4.51. The van der Waals surface area contributed by atoms with Gasteiger partial charge in [0.05, 0.1) is 22.1 Å². The molecular formula is C46H31N3. The first-order valence-electron chi connectivity index (χ1n) is 17.0. The van der Waals surface area contributed by atoms with Crippen LogP contribution >= 0.6 is 0 Å². The number of fused-ring (bicyclic) bond motifs is 7. The van der Waals surface area contributed by atoms with E-state index >= 15 is 0 Å². The zero-order chi connectivity index (χ0) is 32.3. The first-order valence-corrected chi connectivity index (χ1v) is 17.0. The summed E-state index contributed by atoms with van der Waals surface area (Å²) in [5, 5.41) is 7.27. The monoisotopic (exact) mass is 625 g/mol. The number of benzene rings is 7. The largest absolute Gasteiger partial charge is 0.292 e. The first-order chi connectivity index (χ1) is 24.3. The van der Waals surface area contributed by atoms with Gasteiger partial charge in [0.2, 0.25) is 0 Å². The van der Waals surface area contributed by atoms with Crippen molar-refractivity contribution in [3.05, 3.63) is 175 Å². The van der Waals surface area contributed by atoms with Crippen LogP contribution in [0, 0.1) is 0 Å². The number of aromatic nitrogens is 3. The molecule has 0 unspecified atom stereocenters. The molecule has 0 atom stereocenters. The summed E-state index contributed by atoms with van der Waals surface area (Å²) in [5.41, 5.74) is 11.7. The van der Waals surface area contributed by atoms with Crippen molar-refractivity contribution in [3.8, 4) is 17.1 Å². The van der Waals surface area contributed by atoms with E-state index in [9.17, 15) is 0 Å². The number of pyridine rings is 1. The van der Waals surface area contributed by atoms with E-state index in [1.54, 1.807) is 0 Å². The fraction of sp³-hybridized carbons (Fsp3) is 0.0435. The van der Waals surface area contributed by atoms with Gasteiger partial charge in [0.1, 0.15) is 5.82 Å². The number of hydrogen-bond donors (Lipinski definition) is 0. The Morgan fingerprint density at radius 2 is 1.00 bits per heavy atom. The molecule has 3 heteroatoms. The van der Waals surface area contributed by atoms with Crippen molar-refractivity contribution in [2.45, 2.75) is 12.8 Å². The van der Waals surface area contributed by atoms with E-state index in [2.05, 4.69) is 168 Å². The molecule has 0 bridgehead atoms. The van der Waals surface area contributed by atoms with Crippen LogP contribution in [0.3, 0.4) is 0 Å². The van der Waals surface area contributed by atoms with Crippen molar-refractivity contribution in [2.24, 2.45) is 0 Å². The van der Waals surface area contributed by atoms with Gasteiger partial charge in [-0.15, -0.1) is 0 Å². The fourth-order valence-electron chi connectivity index (χ4n) is 7.73. The molecule has 0 aliphatic heterocycles. The summed E-state index contributed by atoms with van der Waals surface area (Å²) in [6, 6.07) is 54.1. The molecule has 2 heterocycles. The number of imidazole rings is 1. The molecule has 230 valence electrons. The highest BCUT2D eigenvalue weighted by atomic mass is 15.1. The van der Waals surface area contributed by atoms with E-state index in [1.807, 2.05) is 0 Å². The highest BCUT2D eigenvalue weighted by molar-refractivity contribution is 6.19. The summed E-state index contributed by atoms with van der Waals surface area (Å²) in [7, 11) is 0. The van der Waals surface area contributed by atoms with E-state index < -0.39 is 0 Å². The van der Waals surface area contributed by atoms with Gasteiger partial charge >= 0.3 is 0 Å². The molecule has 10 rings (SSSR count). The normalized spacial score (nSPS) is 13.4. The van der Waals surface area contributed by atoms with Gasteiger partial charge in [-0.2, -0.15) is 0 Å². The van der Waals surface area contributed by atoms with Gasteiger partial charge in [-0.05, 0) is 70.2 Å². The number of hydrogen-bond acceptors (Lipinski definition) is 2. The van der Waals surface area contributed by atoms with Crippen molar-refractivity contribution in [1.29, 1.82) is 0 Å². The molecule has 49 heavy (non-hydrogen) atoms. The smallest absolute Gasteiger partial charge is 0.145 e. The molecule has 0 amide bonds. The van der Waals surface area contributed by atoms with Crippen molar-refractivity contribution in [1.82, 2.24) is 14.5 Å². The standard InChI is InChI=1S/C46H31N3/c1-2-12-36(13-3-1)49-42-17-9-8-16-41(42)47-46(49)35-24-20-31(21-25-35)30-18-22-34(23-19-30)43-39-28-26-32-10-4-6-14-37(32)44(39)48-45-38-15-7-5-11-33(38)27-29-40(43)45/h1-18,20-22,24-29H,19,23H2. The minimum absolute atomic E-state index is 0.954. The molecule has 2 aromatic heterocycles. The first kappa shape index (κ1) is 27.8. The Morgan fingerprint density at radius 3 is 1.67 bits per heavy atom. The molecular weight excluding hydrogens is 595 g/mol. The van der Waals surface area contributed by atoms with Gasteiger partial charge in [0.25, 0.3) is 0 Å². The van der Waals surface area contributed by atoms with Gasteiger partial charge < -0.3 is 0 Å². The van der Waals surface area contributed by atoms with E-state index in [0.717, 1.165) is 52.0 Å². The maximum absolute atomic E-state index is 5.38. The van der Waals surface area contributed by atoms with Crippen molar-refractivity contribution < 1.29 is 0 Å². The molecule has 0 fully saturated rings. The molecule has 0 radical (unpaired) electrons. The maximum atomic E-state index is 5.38. The van der Waals surface area contributed by atoms with Crippen molar-refractivity contribution >= 4 is 65.5 Å². The average molecular weight is 626 g/mol. The van der Waals surface area contributed by atoms with Gasteiger partial charge in [-0.1, -0.05) is 140 Å². The van der Waals surface area contributed by atoms with Gasteiger partial charge in [-0.25, -0.2) is 9.97 Å². The van der Waals surface area contributed by atoms with Gasteiger partial charge in [0.15, 0.2) is 0 Å². The van der Waals surface area contributed by atoms with Crippen LogP contribution in [0.25, 0.3) is 82.6 Å². The second-order valence-electron chi connectivity index (χ2n) is 12.9. The molecule has 1 aliphatic carbocycles. The Bertz CT molecular complexity index is 2710. The van der Waals surface area contributed by atoms with Crippen LogP contribution in [0.5, 0.6) is 0 Å². The highest BCUT2D eigenvalue weighted by Crippen LogP contribution is 2.41. The Labute approximate surface area is 284 Å². The van der Waals surface area contributed by atoms with E-state index in [-0.39, 0.29) is 0 Å². The molecule has 0 saturated carbocycles. The molecule has 1 aliphatic rings. The molecule has 0 spiro atoms. The summed E-state index contributed by atoms with van der Waals surface area (Å²) < 4.78 is 2.26. The minimum Gasteiger partial charge on any atom is -0.292 e. The Morgan fingerprint density at radius 1 is 0.429 bits per heavy atom. The van der Waals surface area contributed by atoms with Gasteiger partial charge in [-0.3, -0.25) is 4.57 Å². The summed E-state index contributed by atoms with van der Waals surface area (Å²) in [5.74, 6) is 0.954. The van der Waals surface area contributed by atoms with Crippen LogP contribution in [-0.4, -0.2) is 14.5 Å². The Balaban J connectivity index is 1.08. The number of allylic oxidation sites excluding steroid dienone is 4. The third-order valence-electron chi connectivity index (χ3n) is 10.1. The topological polar surface area (TPSA) is 30.7 Å². The number of rotatable bonds is 4. The lowest BCUT2D eigenvalue weighted by Gasteiger charge is -2.20. The number of para-hydroxylation sites is 3. The SMILES string of the molecule is C1=C(c2ccc(-c3nc4ccccc4n3-c3ccccc3)cc2)CCC(c2c3ccc4ccccc4c3nc3c2ccc2ccccc23)=C1. The molecule has 0 N–H and O–H groups in total. The van der Waals surface area contributed by atoms with Crippen LogP contribution in [0.15, 0.2) is 164 Å². The highest BCUT2D eigenvalue weighted by Gasteiger charge is 2.19. The quantitative estimate of drug-likeness (QED) is 0.144. The molecule has 7 aromatic carbocycles. The van der Waals surface area contributed by atoms with Crippen LogP contribution in [0.2, 0.25) is 0 Å². The minimum atomic E-state index is 0.954. The van der Waals surface area contributed by atoms with Crippen molar-refractivity contribution in [2.75, 3.05) is 0 Å². The van der Waals surface area contributed by atoms with Crippen molar-refractivity contribution in [3.63, 3.8) is 0 Å². The fourth-order valence-corrected chi connectivity index (χ4v) is 7.73. The van der Waals surface area contributed by atoms with Crippen LogP contribution in [-0.2, 0) is 0 Å². The van der Waals surface area contributed by atoms with E-state index in [1.165, 1.54) is 54.6 Å². The van der Waals surface area contributed by atoms with E-state index in [0.29, 0.717) is 0 Å². The number of nitrogens with zero attached hydrogens (tertiary/aromatic N) is 3. The van der Waals surface area contributed by atoms with E-state index in [4.69, 9.17) is 9.97 Å². The predicted molar refractivity (Wildman–Crippen MR) is 206 cm³/mol. The maximum Gasteiger partial charge on any atom is 0.145 e. The van der Waals surface area contributed by atoms with Crippen LogP contribution in [0.4, 0.5) is 0 Å². The second kappa shape index (κ2) is 11.1. The third-order valence-corrected chi connectivity index (χ3v) is 10.1. The molecule has 0 saturated heterocycles. The summed E-state index contributed by atoms with van der Waals surface area (Å²) in [6.45, 7) is 0. The Hall–Kier alpha value is -6.32. The average Bonchev–Trinajstić information content (AvgIpc) is 3.57. The summed E-state index contributed by atoms with van der Waals surface area (Å²) in [6.07, 6.45) is 6.61. The summed E-state index contributed by atoms with van der Waals surface area (Å²) >= 11 is 0. The summed E-state index contributed by atoms with van der Waals surface area (Å²) in [4.78, 5) is 10.4. The molecule has 9 aromatic rings. The lowest BCUT2D eigenvalue weighted by molar-refractivity contribution is 1.07. The van der Waals surface area contributed by atoms with Crippen LogP contribution in [0.1, 0.15) is 24.0 Å². The second-order valence-corrected chi connectivity index (χ2v) is 12.9. The van der Waals surface area contributed by atoms with Crippen LogP contribution < -0.4 is 0 Å².